The summed E-state index contributed by atoms with van der Waals surface area (Å²) in [5.41, 5.74) is 5.28. The third kappa shape index (κ3) is 7.97. The number of fused-ring (bicyclic) bond motifs is 1. The van der Waals surface area contributed by atoms with Crippen molar-refractivity contribution >= 4 is 34.6 Å². The van der Waals surface area contributed by atoms with E-state index < -0.39 is 0 Å². The van der Waals surface area contributed by atoms with Gasteiger partial charge in [0.25, 0.3) is 0 Å². The Morgan fingerprint density at radius 2 is 1.75 bits per heavy atom. The third-order valence-electron chi connectivity index (χ3n) is 4.85. The standard InChI is InChI=1S/C23H32ClN3O/c1-3-4-5-6-7-8-9-10-11-12-22(28)27-25-17-20-16-19-14-13-18(2)15-21(19)26-23(20)24/h13-17H,3-12H2,1-2H3,(H,27,28)/b25-17+. The van der Waals surface area contributed by atoms with Gasteiger partial charge in [0.15, 0.2) is 0 Å². The SMILES string of the molecule is CCCCCCCCCCCC(=O)N/N=C/c1cc2ccc(C)cc2nc1Cl. The number of benzene rings is 1. The van der Waals surface area contributed by atoms with E-state index in [1.807, 2.05) is 31.2 Å². The van der Waals surface area contributed by atoms with Gasteiger partial charge in [0.05, 0.1) is 11.7 Å². The van der Waals surface area contributed by atoms with Crippen LogP contribution in [0, 0.1) is 6.92 Å². The molecule has 5 heteroatoms. The lowest BCUT2D eigenvalue weighted by Gasteiger charge is -2.04. The number of nitrogens with zero attached hydrogens (tertiary/aromatic N) is 2. The molecule has 0 aliphatic rings. The number of pyridine rings is 1. The molecule has 1 heterocycles. The molecule has 28 heavy (non-hydrogen) atoms. The van der Waals surface area contributed by atoms with Crippen LogP contribution in [0.15, 0.2) is 29.4 Å². The second kappa shape index (κ2) is 12.5. The summed E-state index contributed by atoms with van der Waals surface area (Å²) in [6.07, 6.45) is 13.2. The minimum Gasteiger partial charge on any atom is -0.273 e. The number of nitrogens with one attached hydrogen (secondary N) is 1. The predicted octanol–water partition coefficient (Wildman–Crippen LogP) is 6.57. The molecule has 1 N–H and O–H groups in total. The molecule has 0 saturated heterocycles. The fourth-order valence-electron chi connectivity index (χ4n) is 3.19. The summed E-state index contributed by atoms with van der Waals surface area (Å²) in [5, 5.41) is 5.42. The molecular formula is C23H32ClN3O. The molecule has 0 bridgehead atoms. The molecule has 1 amide bonds. The first-order valence-corrected chi connectivity index (χ1v) is 10.9. The van der Waals surface area contributed by atoms with Crippen LogP contribution < -0.4 is 5.43 Å². The van der Waals surface area contributed by atoms with E-state index >= 15 is 0 Å². The van der Waals surface area contributed by atoms with E-state index in [9.17, 15) is 4.79 Å². The van der Waals surface area contributed by atoms with Gasteiger partial charge in [0.2, 0.25) is 5.91 Å². The highest BCUT2D eigenvalue weighted by Gasteiger charge is 2.04. The van der Waals surface area contributed by atoms with E-state index in [-0.39, 0.29) is 5.91 Å². The molecule has 0 aliphatic heterocycles. The largest absolute Gasteiger partial charge is 0.273 e. The topological polar surface area (TPSA) is 54.4 Å². The van der Waals surface area contributed by atoms with Crippen molar-refractivity contribution in [2.75, 3.05) is 0 Å². The summed E-state index contributed by atoms with van der Waals surface area (Å²) in [6, 6.07) is 7.97. The van der Waals surface area contributed by atoms with Crippen molar-refractivity contribution in [3.63, 3.8) is 0 Å². The number of halogens is 1. The van der Waals surface area contributed by atoms with Crippen LogP contribution in [0.3, 0.4) is 0 Å². The molecule has 152 valence electrons. The van der Waals surface area contributed by atoms with Crippen LogP contribution in [-0.4, -0.2) is 17.1 Å². The van der Waals surface area contributed by atoms with Gasteiger partial charge >= 0.3 is 0 Å². The van der Waals surface area contributed by atoms with Gasteiger partial charge in [-0.2, -0.15) is 5.10 Å². The highest BCUT2D eigenvalue weighted by atomic mass is 35.5. The summed E-state index contributed by atoms with van der Waals surface area (Å²) in [7, 11) is 0. The van der Waals surface area contributed by atoms with Crippen LogP contribution in [0.5, 0.6) is 0 Å². The van der Waals surface area contributed by atoms with Gasteiger partial charge in [-0.25, -0.2) is 10.4 Å². The first kappa shape index (κ1) is 22.4. The van der Waals surface area contributed by atoms with Crippen molar-refractivity contribution in [1.29, 1.82) is 0 Å². The third-order valence-corrected chi connectivity index (χ3v) is 5.16. The molecule has 4 nitrogen and oxygen atoms in total. The number of carbonyl (C=O) groups excluding carboxylic acids is 1. The van der Waals surface area contributed by atoms with Crippen LogP contribution in [0.4, 0.5) is 0 Å². The van der Waals surface area contributed by atoms with E-state index in [1.165, 1.54) is 44.9 Å². The number of aromatic nitrogens is 1. The van der Waals surface area contributed by atoms with E-state index in [1.54, 1.807) is 6.21 Å². The maximum Gasteiger partial charge on any atom is 0.240 e. The van der Waals surface area contributed by atoms with Crippen LogP contribution in [0.2, 0.25) is 5.15 Å². The Hall–Kier alpha value is -1.94. The molecule has 1 aromatic carbocycles. The van der Waals surface area contributed by atoms with Crippen molar-refractivity contribution in [2.45, 2.75) is 78.1 Å². The smallest absolute Gasteiger partial charge is 0.240 e. The fraction of sp³-hybridized carbons (Fsp3) is 0.522. The van der Waals surface area contributed by atoms with Gasteiger partial charge in [-0.1, -0.05) is 82.0 Å². The van der Waals surface area contributed by atoms with Gasteiger partial charge in [-0.3, -0.25) is 4.79 Å². The monoisotopic (exact) mass is 401 g/mol. The highest BCUT2D eigenvalue weighted by molar-refractivity contribution is 6.32. The lowest BCUT2D eigenvalue weighted by molar-refractivity contribution is -0.121. The Morgan fingerprint density at radius 3 is 2.46 bits per heavy atom. The molecule has 0 radical (unpaired) electrons. The average molecular weight is 402 g/mol. The quantitative estimate of drug-likeness (QED) is 0.189. The molecule has 0 fully saturated rings. The van der Waals surface area contributed by atoms with Gasteiger partial charge in [-0.15, -0.1) is 0 Å². The van der Waals surface area contributed by atoms with Crippen molar-refractivity contribution in [1.82, 2.24) is 10.4 Å². The van der Waals surface area contributed by atoms with Crippen LogP contribution in [0.1, 0.15) is 82.3 Å². The molecule has 0 atom stereocenters. The van der Waals surface area contributed by atoms with Gasteiger partial charge in [0, 0.05) is 17.4 Å². The summed E-state index contributed by atoms with van der Waals surface area (Å²) in [5.74, 6) is -0.0558. The van der Waals surface area contributed by atoms with E-state index in [4.69, 9.17) is 11.6 Å². The molecule has 0 aliphatic carbocycles. The Balaban J connectivity index is 1.67. The molecule has 2 aromatic rings. The molecule has 0 unspecified atom stereocenters. The molecule has 0 saturated carbocycles. The number of hydrogen-bond donors (Lipinski definition) is 1. The van der Waals surface area contributed by atoms with Crippen LogP contribution >= 0.6 is 11.6 Å². The maximum atomic E-state index is 11.9. The van der Waals surface area contributed by atoms with Gasteiger partial charge in [0.1, 0.15) is 5.15 Å². The zero-order valence-electron chi connectivity index (χ0n) is 17.1. The van der Waals surface area contributed by atoms with Gasteiger partial charge < -0.3 is 0 Å². The highest BCUT2D eigenvalue weighted by Crippen LogP contribution is 2.20. The Labute approximate surface area is 173 Å². The molecule has 1 aromatic heterocycles. The normalized spacial score (nSPS) is 11.4. The first-order chi connectivity index (χ1) is 13.6. The second-order valence-corrected chi connectivity index (χ2v) is 7.79. The number of carbonyl (C=O) groups is 1. The number of unbranched alkanes of at least 4 members (excludes halogenated alkanes) is 8. The summed E-state index contributed by atoms with van der Waals surface area (Å²) in [4.78, 5) is 16.3. The van der Waals surface area contributed by atoms with E-state index in [0.29, 0.717) is 17.1 Å². The van der Waals surface area contributed by atoms with Crippen LogP contribution in [-0.2, 0) is 4.79 Å². The Bertz CT molecular complexity index is 789. The van der Waals surface area contributed by atoms with Crippen molar-refractivity contribution in [3.05, 3.63) is 40.5 Å². The van der Waals surface area contributed by atoms with Crippen molar-refractivity contribution < 1.29 is 4.79 Å². The van der Waals surface area contributed by atoms with E-state index in [0.717, 1.165) is 29.3 Å². The number of hydrogen-bond acceptors (Lipinski definition) is 3. The summed E-state index contributed by atoms with van der Waals surface area (Å²) >= 11 is 6.23. The number of aryl methyl sites for hydroxylation is 1. The number of rotatable bonds is 12. The Kier molecular flexibility index (Phi) is 9.98. The fourth-order valence-corrected chi connectivity index (χ4v) is 3.38. The van der Waals surface area contributed by atoms with Crippen LogP contribution in [0.25, 0.3) is 10.9 Å². The summed E-state index contributed by atoms with van der Waals surface area (Å²) in [6.45, 7) is 4.26. The first-order valence-electron chi connectivity index (χ1n) is 10.5. The number of amides is 1. The maximum absolute atomic E-state index is 11.9. The van der Waals surface area contributed by atoms with Gasteiger partial charge in [-0.05, 0) is 31.0 Å². The Morgan fingerprint density at radius 1 is 1.07 bits per heavy atom. The zero-order chi connectivity index (χ0) is 20.2. The minimum absolute atomic E-state index is 0.0558. The van der Waals surface area contributed by atoms with Crippen molar-refractivity contribution in [2.24, 2.45) is 5.10 Å². The number of hydrazone groups is 1. The lowest BCUT2D eigenvalue weighted by Crippen LogP contribution is -2.17. The molecular weight excluding hydrogens is 370 g/mol. The predicted molar refractivity (Wildman–Crippen MR) is 119 cm³/mol. The lowest BCUT2D eigenvalue weighted by atomic mass is 10.1. The minimum atomic E-state index is -0.0558. The van der Waals surface area contributed by atoms with E-state index in [2.05, 4.69) is 22.4 Å². The summed E-state index contributed by atoms with van der Waals surface area (Å²) < 4.78 is 0. The average Bonchev–Trinajstić information content (AvgIpc) is 2.67. The van der Waals surface area contributed by atoms with Crippen molar-refractivity contribution in [3.8, 4) is 0 Å². The zero-order valence-corrected chi connectivity index (χ0v) is 17.9. The molecule has 0 spiro atoms. The second-order valence-electron chi connectivity index (χ2n) is 7.44. The molecule has 2 rings (SSSR count).